The SMILES string of the molecule is CNCCc1ccc(CN2CCOC(C)(C)C2)cc1. The lowest BCUT2D eigenvalue weighted by Crippen LogP contribution is -2.47. The number of rotatable bonds is 5. The van der Waals surface area contributed by atoms with E-state index in [2.05, 4.69) is 48.3 Å². The molecule has 1 aliphatic rings. The molecule has 1 N–H and O–H groups in total. The molecule has 106 valence electrons. The van der Waals surface area contributed by atoms with Crippen LogP contribution in [0.25, 0.3) is 0 Å². The summed E-state index contributed by atoms with van der Waals surface area (Å²) < 4.78 is 5.75. The van der Waals surface area contributed by atoms with Gasteiger partial charge >= 0.3 is 0 Å². The molecular weight excluding hydrogens is 236 g/mol. The van der Waals surface area contributed by atoms with Crippen LogP contribution in [0.5, 0.6) is 0 Å². The van der Waals surface area contributed by atoms with Gasteiger partial charge in [0.25, 0.3) is 0 Å². The Morgan fingerprint density at radius 3 is 2.53 bits per heavy atom. The summed E-state index contributed by atoms with van der Waals surface area (Å²) in [4.78, 5) is 2.48. The van der Waals surface area contributed by atoms with E-state index in [9.17, 15) is 0 Å². The summed E-state index contributed by atoms with van der Waals surface area (Å²) >= 11 is 0. The van der Waals surface area contributed by atoms with E-state index in [0.717, 1.165) is 39.2 Å². The zero-order valence-electron chi connectivity index (χ0n) is 12.4. The van der Waals surface area contributed by atoms with Crippen molar-refractivity contribution in [1.82, 2.24) is 10.2 Å². The number of morpholine rings is 1. The van der Waals surface area contributed by atoms with Gasteiger partial charge in [-0.1, -0.05) is 24.3 Å². The first-order valence-corrected chi connectivity index (χ1v) is 7.18. The first kappa shape index (κ1) is 14.5. The maximum absolute atomic E-state index is 5.75. The molecule has 0 bridgehead atoms. The minimum absolute atomic E-state index is 0.00894. The summed E-state index contributed by atoms with van der Waals surface area (Å²) in [5, 5.41) is 3.18. The highest BCUT2D eigenvalue weighted by Crippen LogP contribution is 2.18. The van der Waals surface area contributed by atoms with E-state index in [4.69, 9.17) is 4.74 Å². The van der Waals surface area contributed by atoms with Crippen LogP contribution in [-0.2, 0) is 17.7 Å². The summed E-state index contributed by atoms with van der Waals surface area (Å²) in [7, 11) is 1.99. The van der Waals surface area contributed by atoms with Gasteiger partial charge in [0.1, 0.15) is 0 Å². The third kappa shape index (κ3) is 4.60. The van der Waals surface area contributed by atoms with Crippen LogP contribution in [0, 0.1) is 0 Å². The lowest BCUT2D eigenvalue weighted by molar-refractivity contribution is -0.0882. The topological polar surface area (TPSA) is 24.5 Å². The molecule has 2 rings (SSSR count). The summed E-state index contributed by atoms with van der Waals surface area (Å²) in [6, 6.07) is 9.01. The number of nitrogens with one attached hydrogen (secondary N) is 1. The number of ether oxygens (including phenoxy) is 1. The van der Waals surface area contributed by atoms with Gasteiger partial charge in [-0.25, -0.2) is 0 Å². The average Bonchev–Trinajstić information content (AvgIpc) is 2.37. The molecule has 0 radical (unpaired) electrons. The average molecular weight is 262 g/mol. The van der Waals surface area contributed by atoms with Crippen molar-refractivity contribution in [3.63, 3.8) is 0 Å². The van der Waals surface area contributed by atoms with Crippen molar-refractivity contribution in [1.29, 1.82) is 0 Å². The molecule has 1 aliphatic heterocycles. The highest BCUT2D eigenvalue weighted by molar-refractivity contribution is 5.22. The summed E-state index contributed by atoms with van der Waals surface area (Å²) in [5.74, 6) is 0. The third-order valence-corrected chi connectivity index (χ3v) is 3.60. The molecule has 0 aromatic heterocycles. The molecule has 1 aromatic carbocycles. The molecule has 1 heterocycles. The molecule has 1 aromatic rings. The Balaban J connectivity index is 1.88. The number of hydrogen-bond donors (Lipinski definition) is 1. The van der Waals surface area contributed by atoms with Gasteiger partial charge in [0.15, 0.2) is 0 Å². The Hall–Kier alpha value is -0.900. The first-order chi connectivity index (χ1) is 9.09. The second-order valence-electron chi connectivity index (χ2n) is 5.99. The number of nitrogens with zero attached hydrogens (tertiary/aromatic N) is 1. The highest BCUT2D eigenvalue weighted by atomic mass is 16.5. The van der Waals surface area contributed by atoms with Crippen molar-refractivity contribution in [2.24, 2.45) is 0 Å². The van der Waals surface area contributed by atoms with Gasteiger partial charge in [-0.2, -0.15) is 0 Å². The fourth-order valence-electron chi connectivity index (χ4n) is 2.59. The maximum Gasteiger partial charge on any atom is 0.0753 e. The number of benzene rings is 1. The Morgan fingerprint density at radius 1 is 1.21 bits per heavy atom. The predicted molar refractivity (Wildman–Crippen MR) is 79.4 cm³/mol. The fourth-order valence-corrected chi connectivity index (χ4v) is 2.59. The smallest absolute Gasteiger partial charge is 0.0753 e. The van der Waals surface area contributed by atoms with Crippen LogP contribution < -0.4 is 5.32 Å². The van der Waals surface area contributed by atoms with Crippen LogP contribution in [0.4, 0.5) is 0 Å². The van der Waals surface area contributed by atoms with E-state index < -0.39 is 0 Å². The van der Waals surface area contributed by atoms with E-state index >= 15 is 0 Å². The van der Waals surface area contributed by atoms with Crippen LogP contribution in [0.2, 0.25) is 0 Å². The minimum Gasteiger partial charge on any atom is -0.373 e. The molecule has 1 fully saturated rings. The minimum atomic E-state index is -0.00894. The van der Waals surface area contributed by atoms with Crippen LogP contribution in [0.3, 0.4) is 0 Å². The standard InChI is InChI=1S/C16H26N2O/c1-16(2)13-18(10-11-19-16)12-15-6-4-14(5-7-15)8-9-17-3/h4-7,17H,8-13H2,1-3H3. The molecule has 0 unspecified atom stereocenters. The molecular formula is C16H26N2O. The summed E-state index contributed by atoms with van der Waals surface area (Å²) in [5.41, 5.74) is 2.79. The van der Waals surface area contributed by atoms with Crippen molar-refractivity contribution in [2.75, 3.05) is 33.3 Å². The largest absolute Gasteiger partial charge is 0.373 e. The van der Waals surface area contributed by atoms with Crippen LogP contribution >= 0.6 is 0 Å². The van der Waals surface area contributed by atoms with Gasteiger partial charge in [-0.15, -0.1) is 0 Å². The van der Waals surface area contributed by atoms with Gasteiger partial charge in [-0.3, -0.25) is 4.90 Å². The monoisotopic (exact) mass is 262 g/mol. The molecule has 3 nitrogen and oxygen atoms in total. The van der Waals surface area contributed by atoms with E-state index in [1.807, 2.05) is 7.05 Å². The molecule has 0 amide bonds. The van der Waals surface area contributed by atoms with Gasteiger partial charge in [0, 0.05) is 19.6 Å². The second-order valence-corrected chi connectivity index (χ2v) is 5.99. The predicted octanol–water partition coefficient (Wildman–Crippen LogP) is 2.06. The Kier molecular flexibility index (Phi) is 4.97. The quantitative estimate of drug-likeness (QED) is 0.879. The van der Waals surface area contributed by atoms with Gasteiger partial charge in [0.05, 0.1) is 12.2 Å². The highest BCUT2D eigenvalue weighted by Gasteiger charge is 2.26. The summed E-state index contributed by atoms with van der Waals surface area (Å²) in [6.45, 7) is 9.28. The lowest BCUT2D eigenvalue weighted by Gasteiger charge is -2.38. The van der Waals surface area contributed by atoms with Crippen molar-refractivity contribution in [2.45, 2.75) is 32.4 Å². The lowest BCUT2D eigenvalue weighted by atomic mass is 10.1. The van der Waals surface area contributed by atoms with Gasteiger partial charge < -0.3 is 10.1 Å². The number of likely N-dealkylation sites (N-methyl/N-ethyl adjacent to an activating group) is 1. The normalized spacial score (nSPS) is 19.5. The summed E-state index contributed by atoms with van der Waals surface area (Å²) in [6.07, 6.45) is 1.10. The number of hydrogen-bond acceptors (Lipinski definition) is 3. The molecule has 0 aliphatic carbocycles. The van der Waals surface area contributed by atoms with E-state index in [1.54, 1.807) is 0 Å². The molecule has 3 heteroatoms. The zero-order valence-corrected chi connectivity index (χ0v) is 12.4. The molecule has 19 heavy (non-hydrogen) atoms. The molecule has 0 spiro atoms. The molecule has 0 atom stereocenters. The Bertz CT molecular complexity index is 386. The van der Waals surface area contributed by atoms with Crippen LogP contribution in [-0.4, -0.2) is 43.8 Å². The molecule has 1 saturated heterocycles. The van der Waals surface area contributed by atoms with E-state index in [0.29, 0.717) is 0 Å². The Morgan fingerprint density at radius 2 is 1.89 bits per heavy atom. The van der Waals surface area contributed by atoms with Crippen LogP contribution in [0.1, 0.15) is 25.0 Å². The van der Waals surface area contributed by atoms with E-state index in [-0.39, 0.29) is 5.60 Å². The van der Waals surface area contributed by atoms with Gasteiger partial charge in [-0.05, 0) is 45.0 Å². The van der Waals surface area contributed by atoms with Crippen molar-refractivity contribution < 1.29 is 4.74 Å². The third-order valence-electron chi connectivity index (χ3n) is 3.60. The second kappa shape index (κ2) is 6.51. The van der Waals surface area contributed by atoms with Crippen molar-refractivity contribution in [3.05, 3.63) is 35.4 Å². The zero-order chi connectivity index (χ0) is 13.7. The van der Waals surface area contributed by atoms with Crippen LogP contribution in [0.15, 0.2) is 24.3 Å². The fraction of sp³-hybridized carbons (Fsp3) is 0.625. The Labute approximate surface area is 116 Å². The van der Waals surface area contributed by atoms with Crippen molar-refractivity contribution >= 4 is 0 Å². The first-order valence-electron chi connectivity index (χ1n) is 7.18. The maximum atomic E-state index is 5.75. The van der Waals surface area contributed by atoms with Crippen molar-refractivity contribution in [3.8, 4) is 0 Å². The van der Waals surface area contributed by atoms with Gasteiger partial charge in [0.2, 0.25) is 0 Å². The molecule has 0 saturated carbocycles. The van der Waals surface area contributed by atoms with E-state index in [1.165, 1.54) is 11.1 Å².